The minimum absolute atomic E-state index is 0.232. The highest BCUT2D eigenvalue weighted by Crippen LogP contribution is 2.23. The molecule has 1 amide bonds. The molecular weight excluding hydrogens is 452 g/mol. The van der Waals surface area contributed by atoms with E-state index >= 15 is 0 Å². The zero-order chi connectivity index (χ0) is 20.6. The van der Waals surface area contributed by atoms with Crippen LogP contribution in [-0.4, -0.2) is 18.1 Å². The van der Waals surface area contributed by atoms with Crippen LogP contribution in [-0.2, 0) is 11.3 Å². The molecule has 0 aliphatic heterocycles. The van der Waals surface area contributed by atoms with Crippen molar-refractivity contribution in [3.05, 3.63) is 82.5 Å². The molecule has 0 bridgehead atoms. The van der Waals surface area contributed by atoms with E-state index in [4.69, 9.17) is 21.4 Å². The lowest BCUT2D eigenvalue weighted by molar-refractivity contribution is -0.115. The van der Waals surface area contributed by atoms with Crippen molar-refractivity contribution in [1.82, 2.24) is 10.6 Å². The fourth-order valence-electron chi connectivity index (χ4n) is 2.49. The molecule has 0 radical (unpaired) electrons. The summed E-state index contributed by atoms with van der Waals surface area (Å²) in [5.74, 6) is 1.94. The number of hydrogen-bond acceptors (Lipinski definition) is 4. The minimum Gasteiger partial charge on any atom is -0.497 e. The van der Waals surface area contributed by atoms with E-state index < -0.39 is 0 Å². The van der Waals surface area contributed by atoms with Gasteiger partial charge in [-0.15, -0.1) is 0 Å². The Balaban J connectivity index is 1.47. The van der Waals surface area contributed by atoms with Gasteiger partial charge >= 0.3 is 0 Å². The first-order valence-corrected chi connectivity index (χ1v) is 9.99. The van der Waals surface area contributed by atoms with Crippen LogP contribution in [0.4, 0.5) is 0 Å². The first-order valence-electron chi connectivity index (χ1n) is 8.79. The second-order valence-corrected chi connectivity index (χ2v) is 7.38. The first-order chi connectivity index (χ1) is 14.0. The zero-order valence-corrected chi connectivity index (χ0v) is 18.0. The van der Waals surface area contributed by atoms with Crippen molar-refractivity contribution in [2.45, 2.75) is 6.54 Å². The van der Waals surface area contributed by atoms with Crippen LogP contribution in [0.25, 0.3) is 17.4 Å². The summed E-state index contributed by atoms with van der Waals surface area (Å²) in [6.45, 7) is 0.373. The third kappa shape index (κ3) is 6.30. The van der Waals surface area contributed by atoms with Crippen LogP contribution in [0, 0.1) is 0 Å². The van der Waals surface area contributed by atoms with Gasteiger partial charge in [0.1, 0.15) is 17.3 Å². The number of hydrogen-bond donors (Lipinski definition) is 2. The molecule has 7 heteroatoms. The maximum atomic E-state index is 12.0. The van der Waals surface area contributed by atoms with Gasteiger partial charge in [-0.25, -0.2) is 0 Å². The minimum atomic E-state index is -0.312. The molecule has 0 saturated heterocycles. The number of carbonyl (C=O) groups is 1. The lowest BCUT2D eigenvalue weighted by Gasteiger charge is -2.06. The number of amides is 1. The monoisotopic (exact) mass is 470 g/mol. The van der Waals surface area contributed by atoms with Crippen LogP contribution in [0.5, 0.6) is 5.75 Å². The Hall–Kier alpha value is -2.90. The number of thiocarbonyl (C=S) groups is 1. The van der Waals surface area contributed by atoms with Crippen LogP contribution in [0.3, 0.4) is 0 Å². The molecule has 0 atom stereocenters. The van der Waals surface area contributed by atoms with E-state index in [0.29, 0.717) is 12.3 Å². The lowest BCUT2D eigenvalue weighted by atomic mass is 10.2. The van der Waals surface area contributed by atoms with Crippen molar-refractivity contribution in [1.29, 1.82) is 0 Å². The number of benzene rings is 2. The number of rotatable bonds is 6. The molecule has 3 rings (SSSR count). The topological polar surface area (TPSA) is 63.5 Å². The normalized spacial score (nSPS) is 10.7. The number of methoxy groups -OCH3 is 1. The molecule has 3 aromatic rings. The van der Waals surface area contributed by atoms with Gasteiger partial charge in [-0.05, 0) is 60.3 Å². The van der Waals surface area contributed by atoms with E-state index in [1.54, 1.807) is 13.2 Å². The average molecular weight is 471 g/mol. The Morgan fingerprint density at radius 2 is 1.83 bits per heavy atom. The van der Waals surface area contributed by atoms with Gasteiger partial charge in [-0.2, -0.15) is 0 Å². The van der Waals surface area contributed by atoms with E-state index in [9.17, 15) is 4.79 Å². The molecule has 5 nitrogen and oxygen atoms in total. The smallest absolute Gasteiger partial charge is 0.250 e. The largest absolute Gasteiger partial charge is 0.497 e. The number of carbonyl (C=O) groups excluding carboxylic acids is 1. The fraction of sp³-hybridized carbons (Fsp3) is 0.0909. The van der Waals surface area contributed by atoms with Crippen molar-refractivity contribution in [3.8, 4) is 17.1 Å². The summed E-state index contributed by atoms with van der Waals surface area (Å²) in [7, 11) is 1.61. The Morgan fingerprint density at radius 3 is 2.52 bits per heavy atom. The second-order valence-electron chi connectivity index (χ2n) is 6.05. The number of furan rings is 1. The van der Waals surface area contributed by atoms with E-state index in [1.807, 2.05) is 60.7 Å². The van der Waals surface area contributed by atoms with Crippen molar-refractivity contribution < 1.29 is 13.9 Å². The van der Waals surface area contributed by atoms with Crippen molar-refractivity contribution in [2.75, 3.05) is 7.11 Å². The molecule has 29 heavy (non-hydrogen) atoms. The molecular formula is C22H19BrN2O3S. The average Bonchev–Trinajstić information content (AvgIpc) is 3.21. The van der Waals surface area contributed by atoms with Crippen molar-refractivity contribution >= 4 is 45.2 Å². The van der Waals surface area contributed by atoms with Crippen molar-refractivity contribution in [3.63, 3.8) is 0 Å². The van der Waals surface area contributed by atoms with E-state index in [0.717, 1.165) is 27.1 Å². The highest BCUT2D eigenvalue weighted by Gasteiger charge is 2.06. The van der Waals surface area contributed by atoms with E-state index in [-0.39, 0.29) is 11.0 Å². The van der Waals surface area contributed by atoms with E-state index in [2.05, 4.69) is 26.6 Å². The SMILES string of the molecule is COc1ccc(/C=C/C(=O)NC(=S)NCc2ccc(-c3ccc(Br)cc3)o2)cc1. The molecule has 2 aromatic carbocycles. The summed E-state index contributed by atoms with van der Waals surface area (Å²) in [4.78, 5) is 12.0. The van der Waals surface area contributed by atoms with Gasteiger partial charge in [0.2, 0.25) is 5.91 Å². The summed E-state index contributed by atoms with van der Waals surface area (Å²) < 4.78 is 11.9. The molecule has 1 aromatic heterocycles. The number of ether oxygens (including phenoxy) is 1. The predicted octanol–water partition coefficient (Wildman–Crippen LogP) is 4.92. The van der Waals surface area contributed by atoms with Crippen molar-refractivity contribution in [2.24, 2.45) is 0 Å². The third-order valence-electron chi connectivity index (χ3n) is 3.99. The van der Waals surface area contributed by atoms with Gasteiger partial charge in [0.25, 0.3) is 0 Å². The molecule has 0 spiro atoms. The highest BCUT2D eigenvalue weighted by molar-refractivity contribution is 9.10. The summed E-state index contributed by atoms with van der Waals surface area (Å²) in [6, 6.07) is 19.0. The summed E-state index contributed by atoms with van der Waals surface area (Å²) in [5.41, 5.74) is 1.87. The fourth-order valence-corrected chi connectivity index (χ4v) is 2.93. The van der Waals surface area contributed by atoms with Gasteiger partial charge in [0, 0.05) is 16.1 Å². The maximum Gasteiger partial charge on any atom is 0.250 e. The summed E-state index contributed by atoms with van der Waals surface area (Å²) >= 11 is 8.58. The van der Waals surface area contributed by atoms with Gasteiger partial charge in [-0.1, -0.05) is 40.2 Å². The van der Waals surface area contributed by atoms with Crippen LogP contribution in [0.2, 0.25) is 0 Å². The molecule has 0 saturated carbocycles. The van der Waals surface area contributed by atoms with Crippen LogP contribution in [0.1, 0.15) is 11.3 Å². The molecule has 2 N–H and O–H groups in total. The molecule has 1 heterocycles. The second kappa shape index (κ2) is 10.0. The van der Waals surface area contributed by atoms with Gasteiger partial charge in [-0.3, -0.25) is 10.1 Å². The maximum absolute atomic E-state index is 12.0. The quantitative estimate of drug-likeness (QED) is 0.395. The summed E-state index contributed by atoms with van der Waals surface area (Å²) in [6.07, 6.45) is 3.13. The van der Waals surface area contributed by atoms with Gasteiger partial charge < -0.3 is 14.5 Å². The zero-order valence-electron chi connectivity index (χ0n) is 15.6. The van der Waals surface area contributed by atoms with E-state index in [1.165, 1.54) is 6.08 Å². The number of nitrogens with one attached hydrogen (secondary N) is 2. The molecule has 0 unspecified atom stereocenters. The molecule has 148 valence electrons. The highest BCUT2D eigenvalue weighted by atomic mass is 79.9. The van der Waals surface area contributed by atoms with Crippen LogP contribution in [0.15, 0.2) is 75.6 Å². The molecule has 0 fully saturated rings. The Labute approximate surface area is 182 Å². The Morgan fingerprint density at radius 1 is 1.10 bits per heavy atom. The first kappa shape index (κ1) is 20.8. The number of halogens is 1. The Kier molecular flexibility index (Phi) is 7.21. The third-order valence-corrected chi connectivity index (χ3v) is 4.77. The standard InChI is InChI=1S/C22H19BrN2O3S/c1-27-18-9-2-15(3-10-18)4-13-21(26)25-22(29)24-14-19-11-12-20(28-19)16-5-7-17(23)8-6-16/h2-13H,14H2,1H3,(H2,24,25,26,29)/b13-4+. The molecule has 0 aliphatic carbocycles. The van der Waals surface area contributed by atoms with Crippen LogP contribution >= 0.6 is 28.1 Å². The van der Waals surface area contributed by atoms with Gasteiger partial charge in [0.05, 0.1) is 13.7 Å². The lowest BCUT2D eigenvalue weighted by Crippen LogP contribution is -2.37. The van der Waals surface area contributed by atoms with Crippen LogP contribution < -0.4 is 15.4 Å². The predicted molar refractivity (Wildman–Crippen MR) is 121 cm³/mol. The Bertz CT molecular complexity index is 1010. The molecule has 0 aliphatic rings. The summed E-state index contributed by atoms with van der Waals surface area (Å²) in [5, 5.41) is 5.81. The van der Waals surface area contributed by atoms with Gasteiger partial charge in [0.15, 0.2) is 5.11 Å².